The Morgan fingerprint density at radius 2 is 1.79 bits per heavy atom. The predicted molar refractivity (Wildman–Crippen MR) is 95.0 cm³/mol. The van der Waals surface area contributed by atoms with Gasteiger partial charge in [0.1, 0.15) is 0 Å². The third-order valence-corrected chi connectivity index (χ3v) is 3.87. The van der Waals surface area contributed by atoms with Crippen molar-refractivity contribution in [1.82, 2.24) is 0 Å². The molecule has 1 N–H and O–H groups in total. The first-order valence-electron chi connectivity index (χ1n) is 8.03. The van der Waals surface area contributed by atoms with E-state index in [0.29, 0.717) is 0 Å². The highest BCUT2D eigenvalue weighted by Crippen LogP contribution is 2.19. The van der Waals surface area contributed by atoms with Crippen LogP contribution in [0.2, 0.25) is 0 Å². The van der Waals surface area contributed by atoms with Gasteiger partial charge in [0, 0.05) is 5.69 Å². The second kappa shape index (κ2) is 8.29. The summed E-state index contributed by atoms with van der Waals surface area (Å²) in [6.07, 6.45) is 0.251. The Balaban J connectivity index is 1.81. The molecule has 4 nitrogen and oxygen atoms in total. The number of anilines is 1. The van der Waals surface area contributed by atoms with Crippen molar-refractivity contribution in [3.63, 3.8) is 0 Å². The summed E-state index contributed by atoms with van der Waals surface area (Å²) in [6.45, 7) is 5.57. The SMILES string of the molecule is Cc1ccc(C)c(NC(=O)COC(=O)CC(C)c2ccccc2)c1. The minimum atomic E-state index is -0.373. The average Bonchev–Trinajstić information content (AvgIpc) is 2.57. The summed E-state index contributed by atoms with van der Waals surface area (Å²) in [4.78, 5) is 23.9. The fourth-order valence-corrected chi connectivity index (χ4v) is 2.41. The molecule has 1 amide bonds. The molecule has 0 spiro atoms. The molecule has 0 aliphatic heterocycles. The van der Waals surface area contributed by atoms with Crippen LogP contribution >= 0.6 is 0 Å². The van der Waals surface area contributed by atoms with Crippen LogP contribution in [-0.2, 0) is 14.3 Å². The van der Waals surface area contributed by atoms with Crippen LogP contribution in [-0.4, -0.2) is 18.5 Å². The van der Waals surface area contributed by atoms with Crippen LogP contribution in [0.4, 0.5) is 5.69 Å². The average molecular weight is 325 g/mol. The Labute approximate surface area is 142 Å². The monoisotopic (exact) mass is 325 g/mol. The van der Waals surface area contributed by atoms with E-state index in [1.54, 1.807) is 0 Å². The van der Waals surface area contributed by atoms with Crippen LogP contribution in [0.15, 0.2) is 48.5 Å². The predicted octanol–water partition coefficient (Wildman–Crippen LogP) is 3.98. The van der Waals surface area contributed by atoms with E-state index in [1.807, 2.05) is 69.3 Å². The molecule has 0 aromatic heterocycles. The standard InChI is InChI=1S/C20H23NO3/c1-14-9-10-15(2)18(11-14)21-19(22)13-24-20(23)12-16(3)17-7-5-4-6-8-17/h4-11,16H,12-13H2,1-3H3,(H,21,22). The van der Waals surface area contributed by atoms with Crippen LogP contribution in [0.5, 0.6) is 0 Å². The van der Waals surface area contributed by atoms with Gasteiger partial charge in [-0.15, -0.1) is 0 Å². The van der Waals surface area contributed by atoms with Gasteiger partial charge in [0.25, 0.3) is 5.91 Å². The summed E-state index contributed by atoms with van der Waals surface area (Å²) in [6, 6.07) is 15.6. The number of benzene rings is 2. The van der Waals surface area contributed by atoms with E-state index in [4.69, 9.17) is 4.74 Å². The van der Waals surface area contributed by atoms with Crippen LogP contribution < -0.4 is 5.32 Å². The Bertz CT molecular complexity index is 710. The molecule has 24 heavy (non-hydrogen) atoms. The third-order valence-electron chi connectivity index (χ3n) is 3.87. The summed E-state index contributed by atoms with van der Waals surface area (Å²) in [7, 11) is 0. The number of carbonyl (C=O) groups excluding carboxylic acids is 2. The van der Waals surface area contributed by atoms with Gasteiger partial charge >= 0.3 is 5.97 Å². The van der Waals surface area contributed by atoms with Gasteiger partial charge in [0.2, 0.25) is 0 Å². The van der Waals surface area contributed by atoms with E-state index in [-0.39, 0.29) is 30.8 Å². The fourth-order valence-electron chi connectivity index (χ4n) is 2.41. The Hall–Kier alpha value is -2.62. The number of esters is 1. The van der Waals surface area contributed by atoms with Crippen molar-refractivity contribution in [2.24, 2.45) is 0 Å². The van der Waals surface area contributed by atoms with Crippen LogP contribution in [0.25, 0.3) is 0 Å². The molecule has 0 fully saturated rings. The zero-order valence-electron chi connectivity index (χ0n) is 14.3. The molecular weight excluding hydrogens is 302 g/mol. The van der Waals surface area contributed by atoms with Crippen molar-refractivity contribution >= 4 is 17.6 Å². The summed E-state index contributed by atoms with van der Waals surface area (Å²) in [5, 5.41) is 2.78. The summed E-state index contributed by atoms with van der Waals surface area (Å²) in [5.74, 6) is -0.646. The molecule has 0 bridgehead atoms. The maximum absolute atomic E-state index is 11.9. The molecule has 2 aromatic carbocycles. The van der Waals surface area contributed by atoms with Gasteiger partial charge in [0.15, 0.2) is 6.61 Å². The van der Waals surface area contributed by atoms with Gasteiger partial charge in [-0.05, 0) is 42.5 Å². The lowest BCUT2D eigenvalue weighted by atomic mass is 9.98. The smallest absolute Gasteiger partial charge is 0.306 e. The molecular formula is C20H23NO3. The Morgan fingerprint density at radius 3 is 2.50 bits per heavy atom. The lowest BCUT2D eigenvalue weighted by Gasteiger charge is -2.12. The molecule has 1 atom stereocenters. The van der Waals surface area contributed by atoms with E-state index in [2.05, 4.69) is 5.32 Å². The van der Waals surface area contributed by atoms with Crippen molar-refractivity contribution in [1.29, 1.82) is 0 Å². The van der Waals surface area contributed by atoms with Gasteiger partial charge in [0.05, 0.1) is 6.42 Å². The minimum Gasteiger partial charge on any atom is -0.456 e. The van der Waals surface area contributed by atoms with Gasteiger partial charge in [-0.3, -0.25) is 9.59 Å². The first-order valence-corrected chi connectivity index (χ1v) is 8.03. The molecule has 0 heterocycles. The fraction of sp³-hybridized carbons (Fsp3) is 0.300. The number of nitrogens with one attached hydrogen (secondary N) is 1. The van der Waals surface area contributed by atoms with E-state index in [0.717, 1.165) is 22.4 Å². The molecule has 0 saturated heterocycles. The maximum atomic E-state index is 11.9. The molecule has 1 unspecified atom stereocenters. The molecule has 0 radical (unpaired) electrons. The lowest BCUT2D eigenvalue weighted by Crippen LogP contribution is -2.22. The molecule has 0 aliphatic carbocycles. The normalized spacial score (nSPS) is 11.6. The quantitative estimate of drug-likeness (QED) is 0.817. The third kappa shape index (κ3) is 5.23. The highest BCUT2D eigenvalue weighted by molar-refractivity contribution is 5.93. The second-order valence-electron chi connectivity index (χ2n) is 6.04. The minimum absolute atomic E-state index is 0.0563. The van der Waals surface area contributed by atoms with Crippen LogP contribution in [0, 0.1) is 13.8 Å². The van der Waals surface area contributed by atoms with Crippen molar-refractivity contribution < 1.29 is 14.3 Å². The zero-order valence-corrected chi connectivity index (χ0v) is 14.3. The zero-order chi connectivity index (χ0) is 17.5. The first kappa shape index (κ1) is 17.7. The summed E-state index contributed by atoms with van der Waals surface area (Å²) in [5.41, 5.74) is 3.85. The largest absolute Gasteiger partial charge is 0.456 e. The number of rotatable bonds is 6. The molecule has 0 saturated carbocycles. The lowest BCUT2D eigenvalue weighted by molar-refractivity contribution is -0.147. The van der Waals surface area contributed by atoms with Gasteiger partial charge < -0.3 is 10.1 Å². The number of aryl methyl sites for hydroxylation is 2. The highest BCUT2D eigenvalue weighted by Gasteiger charge is 2.14. The van der Waals surface area contributed by atoms with Gasteiger partial charge in [-0.2, -0.15) is 0 Å². The number of amides is 1. The van der Waals surface area contributed by atoms with E-state index < -0.39 is 0 Å². The van der Waals surface area contributed by atoms with Gasteiger partial charge in [-0.1, -0.05) is 49.4 Å². The first-order chi connectivity index (χ1) is 11.5. The summed E-state index contributed by atoms with van der Waals surface area (Å²) < 4.78 is 5.09. The summed E-state index contributed by atoms with van der Waals surface area (Å²) >= 11 is 0. The molecule has 2 rings (SSSR count). The van der Waals surface area contributed by atoms with Crippen molar-refractivity contribution in [2.45, 2.75) is 33.1 Å². The van der Waals surface area contributed by atoms with Crippen molar-refractivity contribution in [2.75, 3.05) is 11.9 Å². The molecule has 126 valence electrons. The van der Waals surface area contributed by atoms with E-state index in [1.165, 1.54) is 0 Å². The van der Waals surface area contributed by atoms with Gasteiger partial charge in [-0.25, -0.2) is 0 Å². The van der Waals surface area contributed by atoms with E-state index in [9.17, 15) is 9.59 Å². The number of carbonyl (C=O) groups is 2. The molecule has 0 aliphatic rings. The number of hydrogen-bond acceptors (Lipinski definition) is 3. The number of hydrogen-bond donors (Lipinski definition) is 1. The number of ether oxygens (including phenoxy) is 1. The Morgan fingerprint density at radius 1 is 1.08 bits per heavy atom. The van der Waals surface area contributed by atoms with Crippen LogP contribution in [0.1, 0.15) is 36.0 Å². The Kier molecular flexibility index (Phi) is 6.13. The molecule has 2 aromatic rings. The van der Waals surface area contributed by atoms with Crippen molar-refractivity contribution in [3.8, 4) is 0 Å². The topological polar surface area (TPSA) is 55.4 Å². The highest BCUT2D eigenvalue weighted by atomic mass is 16.5. The molecule has 4 heteroatoms. The van der Waals surface area contributed by atoms with Crippen LogP contribution in [0.3, 0.4) is 0 Å². The van der Waals surface area contributed by atoms with Crippen molar-refractivity contribution in [3.05, 3.63) is 65.2 Å². The van der Waals surface area contributed by atoms with E-state index >= 15 is 0 Å². The second-order valence-corrected chi connectivity index (χ2v) is 6.04. The maximum Gasteiger partial charge on any atom is 0.306 e.